The van der Waals surface area contributed by atoms with Gasteiger partial charge in [0.1, 0.15) is 6.04 Å². The minimum atomic E-state index is -0.933. The van der Waals surface area contributed by atoms with Crippen molar-refractivity contribution in [1.82, 2.24) is 10.8 Å². The van der Waals surface area contributed by atoms with Crippen molar-refractivity contribution < 1.29 is 24.3 Å². The minimum Gasteiger partial charge on any atom is -0.464 e. The van der Waals surface area contributed by atoms with E-state index in [1.165, 1.54) is 5.48 Å². The molecule has 0 unspecified atom stereocenters. The number of hydroxylamine groups is 1. The fraction of sp³-hybridized carbons (Fsp3) is 0.550. The van der Waals surface area contributed by atoms with Gasteiger partial charge in [0, 0.05) is 6.42 Å². The van der Waals surface area contributed by atoms with Crippen LogP contribution in [-0.4, -0.2) is 35.6 Å². The van der Waals surface area contributed by atoms with Gasteiger partial charge in [-0.15, -0.1) is 0 Å². The SMILES string of the molecule is CCOC(=O)[C@H](CCC(=O)NO)NC(=O)C1(c2ccc(C)cc2)CCCC1. The summed E-state index contributed by atoms with van der Waals surface area (Å²) in [5.74, 6) is -1.41. The molecule has 0 saturated heterocycles. The molecule has 27 heavy (non-hydrogen) atoms. The molecule has 1 aromatic carbocycles. The van der Waals surface area contributed by atoms with Crippen molar-refractivity contribution in [1.29, 1.82) is 0 Å². The number of hydrogen-bond acceptors (Lipinski definition) is 5. The lowest BCUT2D eigenvalue weighted by Crippen LogP contribution is -2.50. The molecule has 0 bridgehead atoms. The first-order valence-electron chi connectivity index (χ1n) is 9.40. The van der Waals surface area contributed by atoms with Crippen molar-refractivity contribution in [3.05, 3.63) is 35.4 Å². The molecule has 1 aliphatic carbocycles. The number of benzene rings is 1. The summed E-state index contributed by atoms with van der Waals surface area (Å²) in [6.45, 7) is 3.86. The van der Waals surface area contributed by atoms with Gasteiger partial charge in [0.25, 0.3) is 0 Å². The van der Waals surface area contributed by atoms with Crippen LogP contribution in [0.4, 0.5) is 0 Å². The Kier molecular flexibility index (Phi) is 7.36. The highest BCUT2D eigenvalue weighted by Crippen LogP contribution is 2.41. The van der Waals surface area contributed by atoms with E-state index in [0.29, 0.717) is 12.8 Å². The number of amides is 2. The van der Waals surface area contributed by atoms with Crippen molar-refractivity contribution in [2.75, 3.05) is 6.61 Å². The van der Waals surface area contributed by atoms with E-state index in [9.17, 15) is 14.4 Å². The molecule has 2 amide bonds. The van der Waals surface area contributed by atoms with E-state index in [-0.39, 0.29) is 25.4 Å². The Morgan fingerprint density at radius 3 is 2.37 bits per heavy atom. The van der Waals surface area contributed by atoms with Crippen LogP contribution in [0.25, 0.3) is 0 Å². The summed E-state index contributed by atoms with van der Waals surface area (Å²) in [6.07, 6.45) is 3.28. The smallest absolute Gasteiger partial charge is 0.328 e. The van der Waals surface area contributed by atoms with Crippen LogP contribution in [-0.2, 0) is 24.5 Å². The standard InChI is InChI=1S/C20H28N2O5/c1-3-27-18(24)16(10-11-17(23)22-26)21-19(25)20(12-4-5-13-20)15-8-6-14(2)7-9-15/h6-9,16,26H,3-5,10-13H2,1-2H3,(H,21,25)(H,22,23)/t16-/m0/s1. The summed E-state index contributed by atoms with van der Waals surface area (Å²) in [6, 6.07) is 6.98. The average Bonchev–Trinajstić information content (AvgIpc) is 3.16. The van der Waals surface area contributed by atoms with Gasteiger partial charge in [-0.25, -0.2) is 10.3 Å². The number of carbonyl (C=O) groups is 3. The Labute approximate surface area is 159 Å². The number of hydrogen-bond donors (Lipinski definition) is 3. The molecule has 148 valence electrons. The summed E-state index contributed by atoms with van der Waals surface area (Å²) in [5, 5.41) is 11.5. The van der Waals surface area contributed by atoms with Gasteiger partial charge < -0.3 is 10.1 Å². The Morgan fingerprint density at radius 2 is 1.81 bits per heavy atom. The van der Waals surface area contributed by atoms with E-state index < -0.39 is 23.3 Å². The van der Waals surface area contributed by atoms with Gasteiger partial charge >= 0.3 is 5.97 Å². The number of nitrogens with one attached hydrogen (secondary N) is 2. The average molecular weight is 376 g/mol. The van der Waals surface area contributed by atoms with E-state index in [2.05, 4.69) is 5.32 Å². The van der Waals surface area contributed by atoms with Crippen molar-refractivity contribution in [3.8, 4) is 0 Å². The number of aryl methyl sites for hydroxylation is 1. The normalized spacial score (nSPS) is 16.4. The summed E-state index contributed by atoms with van der Waals surface area (Å²) < 4.78 is 5.04. The molecule has 0 aromatic heterocycles. The van der Waals surface area contributed by atoms with Gasteiger partial charge in [0.2, 0.25) is 11.8 Å². The number of carbonyl (C=O) groups excluding carboxylic acids is 3. The van der Waals surface area contributed by atoms with E-state index in [0.717, 1.165) is 24.0 Å². The lowest BCUT2D eigenvalue weighted by Gasteiger charge is -2.30. The fourth-order valence-electron chi connectivity index (χ4n) is 3.62. The molecule has 1 aliphatic rings. The molecule has 0 spiro atoms. The highest BCUT2D eigenvalue weighted by atomic mass is 16.5. The van der Waals surface area contributed by atoms with Crippen molar-refractivity contribution in [3.63, 3.8) is 0 Å². The van der Waals surface area contributed by atoms with Crippen LogP contribution in [0.1, 0.15) is 56.6 Å². The third-order valence-electron chi connectivity index (χ3n) is 5.16. The zero-order valence-electron chi connectivity index (χ0n) is 15.9. The zero-order valence-corrected chi connectivity index (χ0v) is 15.9. The topological polar surface area (TPSA) is 105 Å². The molecule has 0 aliphatic heterocycles. The lowest BCUT2D eigenvalue weighted by molar-refractivity contribution is -0.148. The number of rotatable bonds is 8. The maximum Gasteiger partial charge on any atom is 0.328 e. The zero-order chi connectivity index (χ0) is 19.9. The largest absolute Gasteiger partial charge is 0.464 e. The van der Waals surface area contributed by atoms with Crippen LogP contribution >= 0.6 is 0 Å². The molecule has 7 heteroatoms. The molecular formula is C20H28N2O5. The van der Waals surface area contributed by atoms with E-state index in [4.69, 9.17) is 9.94 Å². The number of esters is 1. The molecule has 1 atom stereocenters. The van der Waals surface area contributed by atoms with Crippen molar-refractivity contribution in [2.45, 2.75) is 63.8 Å². The molecule has 1 aromatic rings. The first-order chi connectivity index (χ1) is 12.9. The van der Waals surface area contributed by atoms with Crippen LogP contribution in [0.3, 0.4) is 0 Å². The third-order valence-corrected chi connectivity index (χ3v) is 5.16. The van der Waals surface area contributed by atoms with Crippen LogP contribution in [0.15, 0.2) is 24.3 Å². The highest BCUT2D eigenvalue weighted by molar-refractivity contribution is 5.92. The van der Waals surface area contributed by atoms with Gasteiger partial charge in [-0.1, -0.05) is 42.7 Å². The monoisotopic (exact) mass is 376 g/mol. The van der Waals surface area contributed by atoms with E-state index in [1.54, 1.807) is 6.92 Å². The molecular weight excluding hydrogens is 348 g/mol. The van der Waals surface area contributed by atoms with E-state index >= 15 is 0 Å². The van der Waals surface area contributed by atoms with Crippen LogP contribution in [0.2, 0.25) is 0 Å². The second-order valence-corrected chi connectivity index (χ2v) is 7.01. The lowest BCUT2D eigenvalue weighted by atomic mass is 9.77. The quantitative estimate of drug-likeness (QED) is 0.366. The van der Waals surface area contributed by atoms with Crippen LogP contribution < -0.4 is 10.8 Å². The van der Waals surface area contributed by atoms with Gasteiger partial charge in [0.15, 0.2) is 0 Å². The van der Waals surface area contributed by atoms with Gasteiger partial charge in [0.05, 0.1) is 12.0 Å². The molecule has 1 saturated carbocycles. The van der Waals surface area contributed by atoms with Gasteiger partial charge in [-0.05, 0) is 38.7 Å². The second kappa shape index (κ2) is 9.50. The summed E-state index contributed by atoms with van der Waals surface area (Å²) in [5.41, 5.74) is 2.93. The Morgan fingerprint density at radius 1 is 1.19 bits per heavy atom. The molecule has 2 rings (SSSR count). The summed E-state index contributed by atoms with van der Waals surface area (Å²) in [4.78, 5) is 36.8. The molecule has 7 nitrogen and oxygen atoms in total. The Hall–Kier alpha value is -2.41. The number of ether oxygens (including phenoxy) is 1. The Bertz CT molecular complexity index is 665. The summed E-state index contributed by atoms with van der Waals surface area (Å²) in [7, 11) is 0. The predicted molar refractivity (Wildman–Crippen MR) is 99.1 cm³/mol. The van der Waals surface area contributed by atoms with Crippen LogP contribution in [0.5, 0.6) is 0 Å². The first-order valence-corrected chi connectivity index (χ1v) is 9.40. The predicted octanol–water partition coefficient (Wildman–Crippen LogP) is 2.14. The van der Waals surface area contributed by atoms with Crippen molar-refractivity contribution >= 4 is 17.8 Å². The molecule has 0 radical (unpaired) electrons. The van der Waals surface area contributed by atoms with Crippen LogP contribution in [0, 0.1) is 6.92 Å². The highest BCUT2D eigenvalue weighted by Gasteiger charge is 2.44. The first kappa shape index (κ1) is 20.9. The van der Waals surface area contributed by atoms with E-state index in [1.807, 2.05) is 31.2 Å². The third kappa shape index (κ3) is 5.07. The maximum atomic E-state index is 13.2. The van der Waals surface area contributed by atoms with Gasteiger partial charge in [-0.2, -0.15) is 0 Å². The molecule has 3 N–H and O–H groups in total. The molecule has 1 fully saturated rings. The maximum absolute atomic E-state index is 13.2. The molecule has 0 heterocycles. The van der Waals surface area contributed by atoms with Crippen molar-refractivity contribution in [2.24, 2.45) is 0 Å². The Balaban J connectivity index is 2.20. The van der Waals surface area contributed by atoms with Gasteiger partial charge in [-0.3, -0.25) is 14.8 Å². The minimum absolute atomic E-state index is 0.0565. The summed E-state index contributed by atoms with van der Waals surface area (Å²) >= 11 is 0. The fourth-order valence-corrected chi connectivity index (χ4v) is 3.62. The second-order valence-electron chi connectivity index (χ2n) is 7.01.